The molecule has 1 saturated heterocycles. The molecule has 1 aromatic rings. The zero-order valence-electron chi connectivity index (χ0n) is 12.7. The Bertz CT molecular complexity index is 578. The molecule has 0 bridgehead atoms. The van der Waals surface area contributed by atoms with Gasteiger partial charge in [0.1, 0.15) is 17.3 Å². The van der Waals surface area contributed by atoms with Gasteiger partial charge in [0.2, 0.25) is 17.7 Å². The van der Waals surface area contributed by atoms with Crippen LogP contribution in [0.15, 0.2) is 10.6 Å². The molecule has 21 heavy (non-hydrogen) atoms. The number of nitrogens with zero attached hydrogens (tertiary/aromatic N) is 2. The topological polar surface area (TPSA) is 75.4 Å². The van der Waals surface area contributed by atoms with Crippen LogP contribution in [0.5, 0.6) is 0 Å². The normalized spacial score (nSPS) is 29.7. The maximum absolute atomic E-state index is 12.9. The molecule has 3 rings (SSSR count). The minimum absolute atomic E-state index is 0.0210. The average molecular weight is 291 g/mol. The minimum atomic E-state index is -0.773. The molecule has 1 aliphatic carbocycles. The number of nitrogens with one attached hydrogen (secondary N) is 1. The van der Waals surface area contributed by atoms with Crippen LogP contribution in [-0.2, 0) is 16.1 Å². The van der Waals surface area contributed by atoms with Crippen molar-refractivity contribution in [1.29, 1.82) is 0 Å². The number of oxazole rings is 1. The maximum Gasteiger partial charge on any atom is 0.249 e. The molecule has 6 heteroatoms. The first kappa shape index (κ1) is 14.1. The molecular formula is C15H21N3O3. The van der Waals surface area contributed by atoms with Crippen LogP contribution in [-0.4, -0.2) is 33.3 Å². The molecule has 1 aliphatic heterocycles. The number of piperazine rings is 1. The van der Waals surface area contributed by atoms with Crippen LogP contribution >= 0.6 is 0 Å². The van der Waals surface area contributed by atoms with Crippen molar-refractivity contribution < 1.29 is 14.0 Å². The van der Waals surface area contributed by atoms with Crippen LogP contribution in [0.2, 0.25) is 0 Å². The van der Waals surface area contributed by atoms with E-state index in [1.54, 1.807) is 11.1 Å². The van der Waals surface area contributed by atoms with E-state index >= 15 is 0 Å². The standard InChI is InChI=1S/C15H21N3O3/c1-4-11-13(19)17-15(3,10-5-6-10)14(20)18(11)8-12-16-7-9(2)21-12/h7,10-11H,4-6,8H2,1-3H3,(H,17,19). The Balaban J connectivity index is 1.89. The molecular weight excluding hydrogens is 270 g/mol. The number of aromatic nitrogens is 1. The molecule has 0 radical (unpaired) electrons. The monoisotopic (exact) mass is 291 g/mol. The lowest BCUT2D eigenvalue weighted by atomic mass is 9.89. The van der Waals surface area contributed by atoms with E-state index in [1.165, 1.54) is 0 Å². The number of hydrogen-bond acceptors (Lipinski definition) is 4. The summed E-state index contributed by atoms with van der Waals surface area (Å²) in [5.41, 5.74) is -0.773. The van der Waals surface area contributed by atoms with Gasteiger partial charge in [0, 0.05) is 0 Å². The van der Waals surface area contributed by atoms with Gasteiger partial charge in [0.15, 0.2) is 0 Å². The Morgan fingerprint density at radius 1 is 1.48 bits per heavy atom. The van der Waals surface area contributed by atoms with Gasteiger partial charge in [0.05, 0.1) is 12.7 Å². The molecule has 2 aliphatic rings. The van der Waals surface area contributed by atoms with Gasteiger partial charge in [-0.15, -0.1) is 0 Å². The predicted molar refractivity (Wildman–Crippen MR) is 75.1 cm³/mol. The Hall–Kier alpha value is -1.85. The van der Waals surface area contributed by atoms with Gasteiger partial charge in [-0.3, -0.25) is 9.59 Å². The fourth-order valence-electron chi connectivity index (χ4n) is 3.12. The number of hydrogen-bond donors (Lipinski definition) is 1. The lowest BCUT2D eigenvalue weighted by Crippen LogP contribution is -2.69. The summed E-state index contributed by atoms with van der Waals surface area (Å²) in [5.74, 6) is 1.34. The number of rotatable bonds is 4. The van der Waals surface area contributed by atoms with Gasteiger partial charge < -0.3 is 14.6 Å². The van der Waals surface area contributed by atoms with Gasteiger partial charge >= 0.3 is 0 Å². The Kier molecular flexibility index (Phi) is 3.26. The first-order chi connectivity index (χ1) is 9.95. The van der Waals surface area contributed by atoms with Gasteiger partial charge in [-0.1, -0.05) is 6.92 Å². The van der Waals surface area contributed by atoms with Crippen molar-refractivity contribution >= 4 is 11.8 Å². The van der Waals surface area contributed by atoms with Crippen molar-refractivity contribution in [2.45, 2.75) is 58.2 Å². The molecule has 2 atom stereocenters. The van der Waals surface area contributed by atoms with Gasteiger partial charge in [0.25, 0.3) is 0 Å². The van der Waals surface area contributed by atoms with Crippen LogP contribution in [0.25, 0.3) is 0 Å². The van der Waals surface area contributed by atoms with Gasteiger partial charge in [-0.2, -0.15) is 0 Å². The first-order valence-corrected chi connectivity index (χ1v) is 7.50. The zero-order chi connectivity index (χ0) is 15.2. The minimum Gasteiger partial charge on any atom is -0.444 e. The van der Waals surface area contributed by atoms with E-state index in [4.69, 9.17) is 4.42 Å². The maximum atomic E-state index is 12.9. The van der Waals surface area contributed by atoms with Crippen molar-refractivity contribution in [1.82, 2.24) is 15.2 Å². The lowest BCUT2D eigenvalue weighted by molar-refractivity contribution is -0.156. The number of carbonyl (C=O) groups is 2. The Labute approximate surface area is 123 Å². The zero-order valence-corrected chi connectivity index (χ0v) is 12.7. The SMILES string of the molecule is CCC1C(=O)NC(C)(C2CC2)C(=O)N1Cc1ncc(C)o1. The van der Waals surface area contributed by atoms with Crippen molar-refractivity contribution in [2.24, 2.45) is 5.92 Å². The molecule has 1 aromatic heterocycles. The molecule has 2 amide bonds. The van der Waals surface area contributed by atoms with E-state index < -0.39 is 11.6 Å². The second-order valence-corrected chi connectivity index (χ2v) is 6.19. The molecule has 2 heterocycles. The molecule has 6 nitrogen and oxygen atoms in total. The second-order valence-electron chi connectivity index (χ2n) is 6.19. The van der Waals surface area contributed by atoms with E-state index in [1.807, 2.05) is 20.8 Å². The molecule has 0 aromatic carbocycles. The summed E-state index contributed by atoms with van der Waals surface area (Å²) in [6, 6.07) is -0.448. The number of amides is 2. The fourth-order valence-corrected chi connectivity index (χ4v) is 3.12. The lowest BCUT2D eigenvalue weighted by Gasteiger charge is -2.44. The third-order valence-corrected chi connectivity index (χ3v) is 4.52. The molecule has 2 fully saturated rings. The Morgan fingerprint density at radius 2 is 2.19 bits per heavy atom. The van der Waals surface area contributed by atoms with Crippen LogP contribution in [0.1, 0.15) is 44.8 Å². The van der Waals surface area contributed by atoms with Crippen LogP contribution < -0.4 is 5.32 Å². The molecule has 1 N–H and O–H groups in total. The van der Waals surface area contributed by atoms with Crippen LogP contribution in [0.4, 0.5) is 0 Å². The summed E-state index contributed by atoms with van der Waals surface area (Å²) in [4.78, 5) is 31.0. The fraction of sp³-hybridized carbons (Fsp3) is 0.667. The van der Waals surface area contributed by atoms with E-state index in [9.17, 15) is 9.59 Å². The Morgan fingerprint density at radius 3 is 2.71 bits per heavy atom. The number of aryl methyl sites for hydroxylation is 1. The number of carbonyl (C=O) groups excluding carboxylic acids is 2. The van der Waals surface area contributed by atoms with Gasteiger partial charge in [-0.05, 0) is 39.0 Å². The van der Waals surface area contributed by atoms with Crippen molar-refractivity contribution in [3.8, 4) is 0 Å². The first-order valence-electron chi connectivity index (χ1n) is 7.50. The van der Waals surface area contributed by atoms with Crippen molar-refractivity contribution in [3.05, 3.63) is 17.8 Å². The summed E-state index contributed by atoms with van der Waals surface area (Å²) in [5, 5.41) is 2.95. The predicted octanol–water partition coefficient (Wildman–Crippen LogP) is 1.39. The van der Waals surface area contributed by atoms with Crippen molar-refractivity contribution in [3.63, 3.8) is 0 Å². The third kappa shape index (κ3) is 2.32. The van der Waals surface area contributed by atoms with Crippen LogP contribution in [0, 0.1) is 12.8 Å². The molecule has 1 saturated carbocycles. The average Bonchev–Trinajstić information content (AvgIpc) is 3.21. The summed E-state index contributed by atoms with van der Waals surface area (Å²) in [6.45, 7) is 5.81. The summed E-state index contributed by atoms with van der Waals surface area (Å²) < 4.78 is 5.47. The van der Waals surface area contributed by atoms with E-state index in [2.05, 4.69) is 10.3 Å². The van der Waals surface area contributed by atoms with Crippen LogP contribution in [0.3, 0.4) is 0 Å². The summed E-state index contributed by atoms with van der Waals surface area (Å²) in [6.07, 6.45) is 4.19. The highest BCUT2D eigenvalue weighted by Gasteiger charge is 2.55. The molecule has 2 unspecified atom stereocenters. The summed E-state index contributed by atoms with van der Waals surface area (Å²) >= 11 is 0. The highest BCUT2D eigenvalue weighted by atomic mass is 16.4. The van der Waals surface area contributed by atoms with Crippen molar-refractivity contribution in [2.75, 3.05) is 0 Å². The highest BCUT2D eigenvalue weighted by Crippen LogP contribution is 2.42. The van der Waals surface area contributed by atoms with E-state index in [0.29, 0.717) is 18.1 Å². The molecule has 114 valence electrons. The van der Waals surface area contributed by atoms with E-state index in [0.717, 1.165) is 12.8 Å². The van der Waals surface area contributed by atoms with E-state index in [-0.39, 0.29) is 24.3 Å². The summed E-state index contributed by atoms with van der Waals surface area (Å²) in [7, 11) is 0. The smallest absolute Gasteiger partial charge is 0.249 e. The quantitative estimate of drug-likeness (QED) is 0.909. The largest absolute Gasteiger partial charge is 0.444 e. The highest BCUT2D eigenvalue weighted by molar-refractivity contribution is 6.00. The van der Waals surface area contributed by atoms with Gasteiger partial charge in [-0.25, -0.2) is 4.98 Å². The molecule has 0 spiro atoms. The second kappa shape index (κ2) is 4.86. The third-order valence-electron chi connectivity index (χ3n) is 4.52.